The van der Waals surface area contributed by atoms with Crippen molar-refractivity contribution in [2.75, 3.05) is 30.4 Å². The summed E-state index contributed by atoms with van der Waals surface area (Å²) in [5, 5.41) is 8.06. The third-order valence-corrected chi connectivity index (χ3v) is 8.01. The van der Waals surface area contributed by atoms with Gasteiger partial charge in [0, 0.05) is 37.4 Å². The third kappa shape index (κ3) is 7.92. The van der Waals surface area contributed by atoms with Crippen molar-refractivity contribution in [2.45, 2.75) is 23.9 Å². The maximum absolute atomic E-state index is 12.9. The second-order valence-corrected chi connectivity index (χ2v) is 11.2. The Labute approximate surface area is 243 Å². The first kappa shape index (κ1) is 30.2. The van der Waals surface area contributed by atoms with Crippen molar-refractivity contribution in [1.82, 2.24) is 15.4 Å². The van der Waals surface area contributed by atoms with Crippen LogP contribution in [-0.4, -0.2) is 58.5 Å². The number of nitrogens with one attached hydrogen (secondary N) is 4. The molecular formula is C29H31N5O7S. The van der Waals surface area contributed by atoms with E-state index in [2.05, 4.69) is 20.7 Å². The fourth-order valence-electron chi connectivity index (χ4n) is 4.36. The standard InChI is InChI=1S/C29H31N5O7S/c1-41-28(37)25(33-42(39,40)24-13-6-3-7-14-24)18-30-27(36)21-15-26(35)34(19-21)23-12-8-11-22(16-23)32-29(38)31-17-20-9-4-2-5-10-20/h2-14,16,21,25,33H,15,17-19H2,1H3,(H,30,36)(H2,31,32,38)/t21?,25-/m0/s1. The molecule has 0 aromatic heterocycles. The zero-order valence-corrected chi connectivity index (χ0v) is 23.6. The molecule has 1 unspecified atom stereocenters. The Hall–Kier alpha value is -4.75. The Morgan fingerprint density at radius 1 is 0.952 bits per heavy atom. The number of hydrogen-bond donors (Lipinski definition) is 4. The fraction of sp³-hybridized carbons (Fsp3) is 0.241. The number of carbonyl (C=O) groups is 4. The third-order valence-electron chi connectivity index (χ3n) is 6.52. The molecule has 3 aromatic carbocycles. The van der Waals surface area contributed by atoms with Crippen LogP contribution in [0.4, 0.5) is 16.2 Å². The summed E-state index contributed by atoms with van der Waals surface area (Å²) in [7, 11) is -2.96. The van der Waals surface area contributed by atoms with Gasteiger partial charge in [0.05, 0.1) is 17.9 Å². The Morgan fingerprint density at radius 2 is 1.64 bits per heavy atom. The summed E-state index contributed by atoms with van der Waals surface area (Å²) in [6.45, 7) is 0.0328. The number of anilines is 2. The lowest BCUT2D eigenvalue weighted by atomic mass is 10.1. The average molecular weight is 594 g/mol. The lowest BCUT2D eigenvalue weighted by Gasteiger charge is -2.19. The minimum Gasteiger partial charge on any atom is -0.468 e. The minimum absolute atomic E-state index is 0.0485. The van der Waals surface area contributed by atoms with Gasteiger partial charge in [0.1, 0.15) is 6.04 Å². The van der Waals surface area contributed by atoms with Crippen molar-refractivity contribution >= 4 is 45.2 Å². The van der Waals surface area contributed by atoms with Gasteiger partial charge in [-0.15, -0.1) is 0 Å². The molecule has 4 N–H and O–H groups in total. The molecule has 1 heterocycles. The van der Waals surface area contributed by atoms with E-state index in [9.17, 15) is 27.6 Å². The first-order valence-electron chi connectivity index (χ1n) is 13.1. The highest BCUT2D eigenvalue weighted by atomic mass is 32.2. The Balaban J connectivity index is 1.33. The number of rotatable bonds is 11. The number of urea groups is 1. The SMILES string of the molecule is COC(=O)[C@H](CNC(=O)C1CC(=O)N(c2cccc(NC(=O)NCc3ccccc3)c2)C1)NS(=O)(=O)c1ccccc1. The molecule has 13 heteroatoms. The van der Waals surface area contributed by atoms with E-state index >= 15 is 0 Å². The number of nitrogens with zero attached hydrogens (tertiary/aromatic N) is 1. The predicted octanol–water partition coefficient (Wildman–Crippen LogP) is 2.00. The molecule has 1 saturated heterocycles. The summed E-state index contributed by atoms with van der Waals surface area (Å²) in [5.74, 6) is -2.44. The maximum atomic E-state index is 12.9. The number of esters is 1. The second kappa shape index (κ2) is 13.7. The normalized spacial score (nSPS) is 15.5. The largest absolute Gasteiger partial charge is 0.468 e. The van der Waals surface area contributed by atoms with Crippen molar-refractivity contribution in [1.29, 1.82) is 0 Å². The maximum Gasteiger partial charge on any atom is 0.325 e. The van der Waals surface area contributed by atoms with Gasteiger partial charge in [0.2, 0.25) is 21.8 Å². The van der Waals surface area contributed by atoms with Crippen LogP contribution in [0.15, 0.2) is 89.8 Å². The smallest absolute Gasteiger partial charge is 0.325 e. The molecule has 0 spiro atoms. The summed E-state index contributed by atoms with van der Waals surface area (Å²) < 4.78 is 32.3. The monoisotopic (exact) mass is 593 g/mol. The van der Waals surface area contributed by atoms with Crippen molar-refractivity contribution in [3.8, 4) is 0 Å². The molecule has 1 fully saturated rings. The number of amides is 4. The first-order chi connectivity index (χ1) is 20.2. The van der Waals surface area contributed by atoms with Gasteiger partial charge in [-0.25, -0.2) is 13.2 Å². The summed E-state index contributed by atoms with van der Waals surface area (Å²) >= 11 is 0. The van der Waals surface area contributed by atoms with Gasteiger partial charge in [-0.2, -0.15) is 4.72 Å². The lowest BCUT2D eigenvalue weighted by molar-refractivity contribution is -0.142. The molecule has 0 radical (unpaired) electrons. The van der Waals surface area contributed by atoms with Crippen LogP contribution in [0.1, 0.15) is 12.0 Å². The number of hydrogen-bond acceptors (Lipinski definition) is 7. The van der Waals surface area contributed by atoms with E-state index < -0.39 is 39.9 Å². The molecule has 12 nitrogen and oxygen atoms in total. The molecule has 4 rings (SSSR count). The minimum atomic E-state index is -4.06. The highest BCUT2D eigenvalue weighted by molar-refractivity contribution is 7.89. The summed E-state index contributed by atoms with van der Waals surface area (Å²) in [6, 6.07) is 21.8. The van der Waals surface area contributed by atoms with Gasteiger partial charge in [0.15, 0.2) is 0 Å². The van der Waals surface area contributed by atoms with Gasteiger partial charge in [-0.05, 0) is 35.9 Å². The topological polar surface area (TPSA) is 163 Å². The molecule has 0 bridgehead atoms. The van der Waals surface area contributed by atoms with E-state index in [4.69, 9.17) is 4.74 Å². The van der Waals surface area contributed by atoms with E-state index in [1.54, 1.807) is 42.5 Å². The van der Waals surface area contributed by atoms with Crippen LogP contribution in [0, 0.1) is 5.92 Å². The van der Waals surface area contributed by atoms with Crippen LogP contribution < -0.4 is 25.6 Å². The van der Waals surface area contributed by atoms with Crippen molar-refractivity contribution in [2.24, 2.45) is 5.92 Å². The first-order valence-corrected chi connectivity index (χ1v) is 14.6. The summed E-state index contributed by atoms with van der Waals surface area (Å²) in [6.07, 6.45) is -0.0836. The summed E-state index contributed by atoms with van der Waals surface area (Å²) in [4.78, 5) is 51.7. The van der Waals surface area contributed by atoms with Crippen LogP contribution in [0.25, 0.3) is 0 Å². The van der Waals surface area contributed by atoms with Crippen molar-refractivity contribution < 1.29 is 32.3 Å². The molecule has 0 aliphatic carbocycles. The van der Waals surface area contributed by atoms with Gasteiger partial charge < -0.3 is 25.6 Å². The molecule has 1 aliphatic heterocycles. The van der Waals surface area contributed by atoms with E-state index in [0.29, 0.717) is 17.9 Å². The Bertz CT molecular complexity index is 1530. The van der Waals surface area contributed by atoms with Crippen LogP contribution in [-0.2, 0) is 35.7 Å². The van der Waals surface area contributed by atoms with Gasteiger partial charge in [-0.1, -0.05) is 54.6 Å². The van der Waals surface area contributed by atoms with Gasteiger partial charge in [0.25, 0.3) is 0 Å². The number of methoxy groups -OCH3 is 1. The second-order valence-electron chi connectivity index (χ2n) is 9.50. The lowest BCUT2D eigenvalue weighted by Crippen LogP contribution is -2.49. The van der Waals surface area contributed by atoms with E-state index in [-0.39, 0.29) is 30.3 Å². The Morgan fingerprint density at radius 3 is 2.33 bits per heavy atom. The zero-order valence-electron chi connectivity index (χ0n) is 22.8. The van der Waals surface area contributed by atoms with Gasteiger partial charge >= 0.3 is 12.0 Å². The number of ether oxygens (including phenoxy) is 1. The van der Waals surface area contributed by atoms with E-state index in [0.717, 1.165) is 12.7 Å². The number of carbonyl (C=O) groups excluding carboxylic acids is 4. The van der Waals surface area contributed by atoms with E-state index in [1.165, 1.54) is 17.0 Å². The van der Waals surface area contributed by atoms with E-state index in [1.807, 2.05) is 30.3 Å². The molecular weight excluding hydrogens is 562 g/mol. The highest BCUT2D eigenvalue weighted by Crippen LogP contribution is 2.27. The van der Waals surface area contributed by atoms with Crippen LogP contribution in [0.5, 0.6) is 0 Å². The highest BCUT2D eigenvalue weighted by Gasteiger charge is 2.36. The van der Waals surface area contributed by atoms with Crippen LogP contribution in [0.2, 0.25) is 0 Å². The number of benzene rings is 3. The fourth-order valence-corrected chi connectivity index (χ4v) is 5.56. The molecule has 42 heavy (non-hydrogen) atoms. The van der Waals surface area contributed by atoms with Crippen molar-refractivity contribution in [3.63, 3.8) is 0 Å². The van der Waals surface area contributed by atoms with Crippen LogP contribution >= 0.6 is 0 Å². The van der Waals surface area contributed by atoms with Gasteiger partial charge in [-0.3, -0.25) is 14.4 Å². The predicted molar refractivity (Wildman–Crippen MR) is 155 cm³/mol. The molecule has 0 saturated carbocycles. The molecule has 220 valence electrons. The average Bonchev–Trinajstić information content (AvgIpc) is 3.40. The Kier molecular flexibility index (Phi) is 9.89. The van der Waals surface area contributed by atoms with Crippen LogP contribution in [0.3, 0.4) is 0 Å². The molecule has 3 aromatic rings. The van der Waals surface area contributed by atoms with Crippen molar-refractivity contribution in [3.05, 3.63) is 90.5 Å². The number of sulfonamides is 1. The molecule has 1 aliphatic rings. The zero-order chi connectivity index (χ0) is 30.1. The molecule has 2 atom stereocenters. The summed E-state index contributed by atoms with van der Waals surface area (Å²) in [5.41, 5.74) is 1.91. The molecule has 4 amide bonds. The quantitative estimate of drug-likeness (QED) is 0.247.